The quantitative estimate of drug-likeness (QED) is 0.178. The molecule has 0 saturated carbocycles. The zero-order chi connectivity index (χ0) is 32.6. The second-order valence-electron chi connectivity index (χ2n) is 11.0. The molecular formula is C35H37ClFN3O4S. The van der Waals surface area contributed by atoms with E-state index in [4.69, 9.17) is 11.6 Å². The molecule has 4 aromatic carbocycles. The first kappa shape index (κ1) is 33.7. The standard InChI is InChI=1S/C35H37ClFN3O4S/c1-4-26(3)38-35(42)33(22-27-8-6-5-7-9-27)39(23-28-12-16-30(37)17-13-28)34(41)24-40(31-18-10-25(2)11-19-31)45(43,44)32-20-14-29(36)15-21-32/h5-21,26,33H,4,22-24H2,1-3H3,(H,38,42). The van der Waals surface area contributed by atoms with E-state index in [1.54, 1.807) is 36.4 Å². The summed E-state index contributed by atoms with van der Waals surface area (Å²) in [5.74, 6) is -1.41. The van der Waals surface area contributed by atoms with Crippen molar-refractivity contribution in [3.05, 3.63) is 131 Å². The van der Waals surface area contributed by atoms with E-state index in [-0.39, 0.29) is 35.5 Å². The van der Waals surface area contributed by atoms with E-state index >= 15 is 0 Å². The molecule has 0 saturated heterocycles. The molecule has 236 valence electrons. The van der Waals surface area contributed by atoms with Gasteiger partial charge in [-0.25, -0.2) is 12.8 Å². The Morgan fingerprint density at radius 2 is 1.49 bits per heavy atom. The number of nitrogens with one attached hydrogen (secondary N) is 1. The van der Waals surface area contributed by atoms with Crippen molar-refractivity contribution in [1.29, 1.82) is 0 Å². The third-order valence-electron chi connectivity index (χ3n) is 7.54. The van der Waals surface area contributed by atoms with Crippen LogP contribution in [0.1, 0.15) is 37.0 Å². The summed E-state index contributed by atoms with van der Waals surface area (Å²) >= 11 is 6.04. The van der Waals surface area contributed by atoms with Gasteiger partial charge in [0.15, 0.2) is 0 Å². The zero-order valence-corrected chi connectivity index (χ0v) is 27.1. The molecule has 0 aromatic heterocycles. The van der Waals surface area contributed by atoms with Crippen molar-refractivity contribution in [3.63, 3.8) is 0 Å². The zero-order valence-electron chi connectivity index (χ0n) is 25.5. The van der Waals surface area contributed by atoms with Crippen LogP contribution in [0, 0.1) is 12.7 Å². The van der Waals surface area contributed by atoms with Gasteiger partial charge in [-0.05, 0) is 79.9 Å². The fourth-order valence-corrected chi connectivity index (χ4v) is 6.30. The van der Waals surface area contributed by atoms with Crippen molar-refractivity contribution in [2.45, 2.75) is 57.1 Å². The number of nitrogens with zero attached hydrogens (tertiary/aromatic N) is 2. The number of benzene rings is 4. The van der Waals surface area contributed by atoms with Crippen LogP contribution in [0.15, 0.2) is 108 Å². The second kappa shape index (κ2) is 15.2. The van der Waals surface area contributed by atoms with Gasteiger partial charge in [0.25, 0.3) is 10.0 Å². The summed E-state index contributed by atoms with van der Waals surface area (Å²) < 4.78 is 43.0. The minimum absolute atomic E-state index is 0.0410. The van der Waals surface area contributed by atoms with E-state index in [1.807, 2.05) is 51.1 Å². The van der Waals surface area contributed by atoms with Gasteiger partial charge >= 0.3 is 0 Å². The lowest BCUT2D eigenvalue weighted by atomic mass is 10.0. The third kappa shape index (κ3) is 8.93. The van der Waals surface area contributed by atoms with E-state index in [9.17, 15) is 22.4 Å². The Kier molecular flexibility index (Phi) is 11.4. The van der Waals surface area contributed by atoms with E-state index < -0.39 is 34.3 Å². The summed E-state index contributed by atoms with van der Waals surface area (Å²) in [5.41, 5.74) is 2.61. The molecule has 0 spiro atoms. The highest BCUT2D eigenvalue weighted by atomic mass is 35.5. The monoisotopic (exact) mass is 649 g/mol. The van der Waals surface area contributed by atoms with Crippen molar-refractivity contribution in [2.24, 2.45) is 0 Å². The van der Waals surface area contributed by atoms with Gasteiger partial charge in [-0.3, -0.25) is 13.9 Å². The average Bonchev–Trinajstić information content (AvgIpc) is 3.03. The van der Waals surface area contributed by atoms with E-state index in [0.717, 1.165) is 15.4 Å². The summed E-state index contributed by atoms with van der Waals surface area (Å²) in [5, 5.41) is 3.36. The number of anilines is 1. The number of hydrogen-bond donors (Lipinski definition) is 1. The number of carbonyl (C=O) groups excluding carboxylic acids is 2. The number of halogens is 2. The molecule has 10 heteroatoms. The van der Waals surface area contributed by atoms with Gasteiger partial charge in [-0.15, -0.1) is 0 Å². The summed E-state index contributed by atoms with van der Waals surface area (Å²) in [6, 6.07) is 26.3. The molecule has 45 heavy (non-hydrogen) atoms. The number of hydrogen-bond acceptors (Lipinski definition) is 4. The van der Waals surface area contributed by atoms with Gasteiger partial charge < -0.3 is 10.2 Å². The SMILES string of the molecule is CCC(C)NC(=O)C(Cc1ccccc1)N(Cc1ccc(F)cc1)C(=O)CN(c1ccc(C)cc1)S(=O)(=O)c1ccc(Cl)cc1. The van der Waals surface area contributed by atoms with E-state index in [0.29, 0.717) is 17.0 Å². The van der Waals surface area contributed by atoms with Crippen molar-refractivity contribution >= 4 is 39.1 Å². The van der Waals surface area contributed by atoms with Gasteiger partial charge in [-0.2, -0.15) is 0 Å². The highest BCUT2D eigenvalue weighted by molar-refractivity contribution is 7.92. The molecule has 0 radical (unpaired) electrons. The molecule has 0 aliphatic rings. The van der Waals surface area contributed by atoms with Crippen LogP contribution in [0.25, 0.3) is 0 Å². The molecule has 0 fully saturated rings. The van der Waals surface area contributed by atoms with Gasteiger partial charge in [0.05, 0.1) is 10.6 Å². The summed E-state index contributed by atoms with van der Waals surface area (Å²) in [6.45, 7) is 5.06. The van der Waals surface area contributed by atoms with Gasteiger partial charge in [0, 0.05) is 24.0 Å². The molecule has 4 rings (SSSR count). The molecule has 0 heterocycles. The average molecular weight is 650 g/mol. The van der Waals surface area contributed by atoms with Gasteiger partial charge in [0.1, 0.15) is 18.4 Å². The maximum atomic E-state index is 14.4. The molecule has 2 amide bonds. The Labute approximate surface area is 269 Å². The number of aryl methyl sites for hydroxylation is 1. The lowest BCUT2D eigenvalue weighted by molar-refractivity contribution is -0.140. The largest absolute Gasteiger partial charge is 0.352 e. The topological polar surface area (TPSA) is 86.8 Å². The Bertz CT molecular complexity index is 1680. The molecule has 2 atom stereocenters. The van der Waals surface area contributed by atoms with Crippen molar-refractivity contribution < 1.29 is 22.4 Å². The number of sulfonamides is 1. The predicted molar refractivity (Wildman–Crippen MR) is 176 cm³/mol. The van der Waals surface area contributed by atoms with Gasteiger partial charge in [-0.1, -0.05) is 78.7 Å². The summed E-state index contributed by atoms with van der Waals surface area (Å²) in [4.78, 5) is 29.6. The molecule has 0 aliphatic heterocycles. The number of rotatable bonds is 13. The first-order valence-corrected chi connectivity index (χ1v) is 16.5. The second-order valence-corrected chi connectivity index (χ2v) is 13.3. The number of amides is 2. The number of carbonyl (C=O) groups is 2. The van der Waals surface area contributed by atoms with Crippen LogP contribution >= 0.6 is 11.6 Å². The minimum Gasteiger partial charge on any atom is -0.352 e. The first-order chi connectivity index (χ1) is 21.5. The third-order valence-corrected chi connectivity index (χ3v) is 9.58. The van der Waals surface area contributed by atoms with Crippen molar-refractivity contribution in [1.82, 2.24) is 10.2 Å². The van der Waals surface area contributed by atoms with E-state index in [1.165, 1.54) is 41.3 Å². The van der Waals surface area contributed by atoms with Crippen LogP contribution in [0.2, 0.25) is 5.02 Å². The minimum atomic E-state index is -4.24. The van der Waals surface area contributed by atoms with Crippen LogP contribution in [-0.2, 0) is 32.6 Å². The molecule has 7 nitrogen and oxygen atoms in total. The van der Waals surface area contributed by atoms with Gasteiger partial charge in [0.2, 0.25) is 11.8 Å². The lowest BCUT2D eigenvalue weighted by Gasteiger charge is -2.34. The van der Waals surface area contributed by atoms with Crippen LogP contribution in [-0.4, -0.2) is 43.8 Å². The molecular weight excluding hydrogens is 613 g/mol. The molecule has 1 N–H and O–H groups in total. The normalized spacial score (nSPS) is 12.6. The Hall–Kier alpha value is -4.21. The first-order valence-electron chi connectivity index (χ1n) is 14.7. The highest BCUT2D eigenvalue weighted by Crippen LogP contribution is 2.26. The van der Waals surface area contributed by atoms with Crippen LogP contribution in [0.4, 0.5) is 10.1 Å². The summed E-state index contributed by atoms with van der Waals surface area (Å²) in [7, 11) is -4.24. The van der Waals surface area contributed by atoms with Crippen molar-refractivity contribution in [3.8, 4) is 0 Å². The van der Waals surface area contributed by atoms with E-state index in [2.05, 4.69) is 5.32 Å². The summed E-state index contributed by atoms with van der Waals surface area (Å²) in [6.07, 6.45) is 0.862. The lowest BCUT2D eigenvalue weighted by Crippen LogP contribution is -2.54. The van der Waals surface area contributed by atoms with Crippen LogP contribution in [0.5, 0.6) is 0 Å². The Balaban J connectivity index is 1.80. The molecule has 0 aliphatic carbocycles. The predicted octanol–water partition coefficient (Wildman–Crippen LogP) is 6.54. The molecule has 2 unspecified atom stereocenters. The smallest absolute Gasteiger partial charge is 0.264 e. The fraction of sp³-hybridized carbons (Fsp3) is 0.257. The Morgan fingerprint density at radius 1 is 0.867 bits per heavy atom. The Morgan fingerprint density at radius 3 is 2.09 bits per heavy atom. The van der Waals surface area contributed by atoms with Crippen molar-refractivity contribution in [2.75, 3.05) is 10.8 Å². The maximum absolute atomic E-state index is 14.4. The molecule has 0 bridgehead atoms. The fourth-order valence-electron chi connectivity index (χ4n) is 4.76. The maximum Gasteiger partial charge on any atom is 0.264 e. The van der Waals surface area contributed by atoms with Crippen LogP contribution in [0.3, 0.4) is 0 Å². The molecule has 4 aromatic rings. The van der Waals surface area contributed by atoms with Crippen LogP contribution < -0.4 is 9.62 Å². The highest BCUT2D eigenvalue weighted by Gasteiger charge is 2.35.